The normalized spacial score (nSPS) is 21.9. The van der Waals surface area contributed by atoms with Crippen molar-refractivity contribution in [3.8, 4) is 0 Å². The number of carboxylic acid groups (broad SMARTS) is 1. The highest BCUT2D eigenvalue weighted by atomic mass is 16.5. The maximum Gasteiger partial charge on any atom is 0.315 e. The van der Waals surface area contributed by atoms with Crippen molar-refractivity contribution in [1.29, 1.82) is 0 Å². The number of amides is 2. The van der Waals surface area contributed by atoms with Crippen molar-refractivity contribution in [3.05, 3.63) is 12.2 Å². The predicted octanol–water partition coefficient (Wildman–Crippen LogP) is 1.13. The van der Waals surface area contributed by atoms with Crippen molar-refractivity contribution >= 4 is 12.0 Å². The fraction of sp³-hybridized carbons (Fsp3) is 0.692. The van der Waals surface area contributed by atoms with Gasteiger partial charge in [-0.2, -0.15) is 0 Å². The Kier molecular flexibility index (Phi) is 6.35. The van der Waals surface area contributed by atoms with E-state index in [1.165, 1.54) is 0 Å². The summed E-state index contributed by atoms with van der Waals surface area (Å²) in [4.78, 5) is 22.3. The van der Waals surface area contributed by atoms with Gasteiger partial charge in [0.15, 0.2) is 0 Å². The Hall–Kier alpha value is -1.56. The van der Waals surface area contributed by atoms with Crippen LogP contribution in [0.1, 0.15) is 26.2 Å². The number of carbonyl (C=O) groups excluding carboxylic acids is 1. The molecule has 108 valence electrons. The molecule has 1 aliphatic rings. The molecule has 0 heterocycles. The van der Waals surface area contributed by atoms with E-state index in [1.54, 1.807) is 0 Å². The summed E-state index contributed by atoms with van der Waals surface area (Å²) in [6.45, 7) is 6.93. The number of urea groups is 1. The molecule has 3 N–H and O–H groups in total. The highest BCUT2D eigenvalue weighted by molar-refractivity contribution is 5.75. The molecule has 0 aliphatic heterocycles. The number of hydrogen-bond donors (Lipinski definition) is 3. The van der Waals surface area contributed by atoms with E-state index >= 15 is 0 Å². The molecule has 0 aromatic rings. The van der Waals surface area contributed by atoms with Crippen LogP contribution in [0.3, 0.4) is 0 Å². The smallest absolute Gasteiger partial charge is 0.315 e. The molecule has 0 unspecified atom stereocenters. The third kappa shape index (κ3) is 6.24. The summed E-state index contributed by atoms with van der Waals surface area (Å²) >= 11 is 0. The third-order valence-corrected chi connectivity index (χ3v) is 3.00. The average molecular weight is 270 g/mol. The minimum absolute atomic E-state index is 0.0440. The highest BCUT2D eigenvalue weighted by Crippen LogP contribution is 2.25. The van der Waals surface area contributed by atoms with E-state index < -0.39 is 5.97 Å². The Balaban J connectivity index is 2.08. The van der Waals surface area contributed by atoms with Crippen LogP contribution in [0.15, 0.2) is 12.2 Å². The lowest BCUT2D eigenvalue weighted by molar-refractivity contribution is -0.141. The van der Waals surface area contributed by atoms with Gasteiger partial charge in [-0.05, 0) is 26.2 Å². The molecule has 6 heteroatoms. The van der Waals surface area contributed by atoms with Gasteiger partial charge >= 0.3 is 12.0 Å². The second-order valence-corrected chi connectivity index (χ2v) is 4.96. The van der Waals surface area contributed by atoms with Crippen molar-refractivity contribution in [3.63, 3.8) is 0 Å². The van der Waals surface area contributed by atoms with Crippen LogP contribution in [-0.4, -0.2) is 42.9 Å². The van der Waals surface area contributed by atoms with Crippen LogP contribution in [0.4, 0.5) is 4.79 Å². The molecule has 0 aromatic carbocycles. The van der Waals surface area contributed by atoms with Gasteiger partial charge in [-0.25, -0.2) is 4.79 Å². The topological polar surface area (TPSA) is 87.7 Å². The number of nitrogens with one attached hydrogen (secondary N) is 2. The molecule has 1 saturated carbocycles. The largest absolute Gasteiger partial charge is 0.481 e. The van der Waals surface area contributed by atoms with E-state index in [1.807, 2.05) is 6.92 Å². The maximum absolute atomic E-state index is 11.5. The van der Waals surface area contributed by atoms with Crippen LogP contribution >= 0.6 is 0 Å². The zero-order chi connectivity index (χ0) is 14.3. The molecule has 0 saturated heterocycles. The SMILES string of the molecule is C=C(C)COCCNC(=O)N[C@H]1CC[C@@H](C(=O)O)C1. The van der Waals surface area contributed by atoms with E-state index in [9.17, 15) is 9.59 Å². The first-order valence-electron chi connectivity index (χ1n) is 6.48. The molecular formula is C13H22N2O4. The van der Waals surface area contributed by atoms with Crippen molar-refractivity contribution < 1.29 is 19.4 Å². The first-order valence-corrected chi connectivity index (χ1v) is 6.48. The van der Waals surface area contributed by atoms with E-state index in [0.717, 1.165) is 12.0 Å². The van der Waals surface area contributed by atoms with Gasteiger partial charge in [0.1, 0.15) is 0 Å². The maximum atomic E-state index is 11.5. The minimum atomic E-state index is -0.780. The predicted molar refractivity (Wildman–Crippen MR) is 70.9 cm³/mol. The summed E-state index contributed by atoms with van der Waals surface area (Å²) in [7, 11) is 0. The molecule has 2 amide bonds. The molecule has 0 spiro atoms. The Morgan fingerprint density at radius 1 is 1.42 bits per heavy atom. The van der Waals surface area contributed by atoms with Gasteiger partial charge in [0.2, 0.25) is 0 Å². The molecule has 19 heavy (non-hydrogen) atoms. The Morgan fingerprint density at radius 2 is 2.16 bits per heavy atom. The van der Waals surface area contributed by atoms with Gasteiger partial charge in [-0.1, -0.05) is 12.2 Å². The summed E-state index contributed by atoms with van der Waals surface area (Å²) in [5.74, 6) is -1.11. The zero-order valence-corrected chi connectivity index (χ0v) is 11.3. The van der Waals surface area contributed by atoms with Gasteiger partial charge < -0.3 is 20.5 Å². The highest BCUT2D eigenvalue weighted by Gasteiger charge is 2.30. The van der Waals surface area contributed by atoms with Gasteiger partial charge in [-0.15, -0.1) is 0 Å². The summed E-state index contributed by atoms with van der Waals surface area (Å²) in [5.41, 5.74) is 0.940. The van der Waals surface area contributed by atoms with Crippen LogP contribution in [0.25, 0.3) is 0 Å². The van der Waals surface area contributed by atoms with Crippen LogP contribution in [0, 0.1) is 5.92 Å². The molecular weight excluding hydrogens is 248 g/mol. The Morgan fingerprint density at radius 3 is 2.74 bits per heavy atom. The molecule has 6 nitrogen and oxygen atoms in total. The molecule has 0 bridgehead atoms. The summed E-state index contributed by atoms with van der Waals surface area (Å²) in [6.07, 6.45) is 1.85. The lowest BCUT2D eigenvalue weighted by atomic mass is 10.1. The molecule has 1 aliphatic carbocycles. The summed E-state index contributed by atoms with van der Waals surface area (Å²) in [5, 5.41) is 14.3. The second kappa shape index (κ2) is 7.78. The van der Waals surface area contributed by atoms with Crippen LogP contribution in [0.5, 0.6) is 0 Å². The fourth-order valence-corrected chi connectivity index (χ4v) is 2.06. The summed E-state index contributed by atoms with van der Waals surface area (Å²) < 4.78 is 5.24. The lowest BCUT2D eigenvalue weighted by Crippen LogP contribution is -2.42. The third-order valence-electron chi connectivity index (χ3n) is 3.00. The van der Waals surface area contributed by atoms with Gasteiger partial charge in [0, 0.05) is 12.6 Å². The molecule has 0 radical (unpaired) electrons. The second-order valence-electron chi connectivity index (χ2n) is 4.96. The van der Waals surface area contributed by atoms with E-state index in [0.29, 0.717) is 32.6 Å². The van der Waals surface area contributed by atoms with Gasteiger partial charge in [-0.3, -0.25) is 4.79 Å². The number of carboxylic acids is 1. The first-order chi connectivity index (χ1) is 8.99. The van der Waals surface area contributed by atoms with Crippen LogP contribution in [0.2, 0.25) is 0 Å². The van der Waals surface area contributed by atoms with E-state index in [4.69, 9.17) is 9.84 Å². The quantitative estimate of drug-likeness (QED) is 0.478. The molecule has 2 atom stereocenters. The van der Waals surface area contributed by atoms with Crippen molar-refractivity contribution in [2.45, 2.75) is 32.2 Å². The zero-order valence-electron chi connectivity index (χ0n) is 11.3. The average Bonchev–Trinajstić information content (AvgIpc) is 2.76. The summed E-state index contributed by atoms with van der Waals surface area (Å²) in [6, 6.07) is -0.313. The first kappa shape index (κ1) is 15.5. The number of ether oxygens (including phenoxy) is 1. The lowest BCUT2D eigenvalue weighted by Gasteiger charge is -2.13. The fourth-order valence-electron chi connectivity index (χ4n) is 2.06. The van der Waals surface area contributed by atoms with Crippen LogP contribution in [-0.2, 0) is 9.53 Å². The van der Waals surface area contributed by atoms with Crippen molar-refractivity contribution in [1.82, 2.24) is 10.6 Å². The van der Waals surface area contributed by atoms with Crippen molar-refractivity contribution in [2.24, 2.45) is 5.92 Å². The number of aliphatic carboxylic acids is 1. The molecule has 1 fully saturated rings. The molecule has 1 rings (SSSR count). The molecule has 0 aromatic heterocycles. The Labute approximate surface area is 113 Å². The van der Waals surface area contributed by atoms with Gasteiger partial charge in [0.05, 0.1) is 19.1 Å². The number of rotatable bonds is 7. The van der Waals surface area contributed by atoms with E-state index in [2.05, 4.69) is 17.2 Å². The minimum Gasteiger partial charge on any atom is -0.481 e. The monoisotopic (exact) mass is 270 g/mol. The number of hydrogen-bond acceptors (Lipinski definition) is 3. The Bertz CT molecular complexity index is 344. The van der Waals surface area contributed by atoms with Crippen LogP contribution < -0.4 is 10.6 Å². The van der Waals surface area contributed by atoms with Gasteiger partial charge in [0.25, 0.3) is 0 Å². The van der Waals surface area contributed by atoms with Crippen molar-refractivity contribution in [2.75, 3.05) is 19.8 Å². The van der Waals surface area contributed by atoms with E-state index in [-0.39, 0.29) is 18.0 Å². The standard InChI is InChI=1S/C13H22N2O4/c1-9(2)8-19-6-5-14-13(18)15-11-4-3-10(7-11)12(16)17/h10-11H,1,3-8H2,2H3,(H,16,17)(H2,14,15,18)/t10-,11+/m1/s1. The number of carbonyl (C=O) groups is 2.